The van der Waals surface area contributed by atoms with Gasteiger partial charge in [0, 0.05) is 5.69 Å². The van der Waals surface area contributed by atoms with Crippen LogP contribution in [0.15, 0.2) is 29.2 Å². The van der Waals surface area contributed by atoms with E-state index in [0.29, 0.717) is 11.3 Å². The van der Waals surface area contributed by atoms with Crippen molar-refractivity contribution in [1.82, 2.24) is 9.13 Å². The normalized spacial score (nSPS) is 11.9. The zero-order valence-corrected chi connectivity index (χ0v) is 15.4. The lowest BCUT2D eigenvalue weighted by atomic mass is 10.0. The van der Waals surface area contributed by atoms with E-state index < -0.39 is 24.4 Å². The molecule has 0 amide bonds. The van der Waals surface area contributed by atoms with Crippen molar-refractivity contribution in [2.75, 3.05) is 5.32 Å². The number of aromatic hydroxyl groups is 1. The van der Waals surface area contributed by atoms with Crippen LogP contribution in [0.2, 0.25) is 0 Å². The summed E-state index contributed by atoms with van der Waals surface area (Å²) in [4.78, 5) is 24.5. The number of anilines is 1. The average Bonchev–Trinajstić information content (AvgIpc) is 2.87. The molecule has 27 heavy (non-hydrogen) atoms. The summed E-state index contributed by atoms with van der Waals surface area (Å²) in [6.45, 7) is 4.77. The number of aromatic nitrogens is 2. The Bertz CT molecular complexity index is 924. The second-order valence-corrected chi connectivity index (χ2v) is 6.45. The fraction of sp³-hybridized carbons (Fsp3) is 0.368. The van der Waals surface area contributed by atoms with Crippen LogP contribution in [-0.4, -0.2) is 26.3 Å². The van der Waals surface area contributed by atoms with Gasteiger partial charge in [0.15, 0.2) is 6.73 Å². The van der Waals surface area contributed by atoms with Crippen molar-refractivity contribution in [3.63, 3.8) is 0 Å². The number of nitrogens with zero attached hydrogens (tertiary/aromatic N) is 2. The van der Waals surface area contributed by atoms with Crippen molar-refractivity contribution in [1.29, 1.82) is 0 Å². The molecule has 0 bridgehead atoms. The van der Waals surface area contributed by atoms with Gasteiger partial charge >= 0.3 is 11.7 Å². The Morgan fingerprint density at radius 1 is 1.44 bits per heavy atom. The largest absolute Gasteiger partial charge is 0.493 e. The van der Waals surface area contributed by atoms with Gasteiger partial charge in [0.1, 0.15) is 11.9 Å². The SMILES string of the molecule is C#CCn1cc(O)n(COC(=O)C(Nc2ccc(C)c(F)c2)C(C)C)c1=O. The third-order valence-corrected chi connectivity index (χ3v) is 4.04. The number of carbonyl (C=O) groups is 1. The molecular weight excluding hydrogens is 353 g/mol. The van der Waals surface area contributed by atoms with E-state index in [2.05, 4.69) is 11.2 Å². The van der Waals surface area contributed by atoms with Gasteiger partial charge in [-0.3, -0.25) is 4.57 Å². The van der Waals surface area contributed by atoms with Crippen LogP contribution in [0.5, 0.6) is 5.88 Å². The number of esters is 1. The first-order chi connectivity index (χ1) is 12.7. The molecule has 2 N–H and O–H groups in total. The lowest BCUT2D eigenvalue weighted by molar-refractivity contribution is -0.149. The molecule has 1 aromatic heterocycles. The maximum absolute atomic E-state index is 13.7. The Morgan fingerprint density at radius 3 is 2.74 bits per heavy atom. The number of hydrogen-bond donors (Lipinski definition) is 2. The number of imidazole rings is 1. The molecule has 0 aliphatic rings. The number of aryl methyl sites for hydroxylation is 1. The highest BCUT2D eigenvalue weighted by atomic mass is 19.1. The third kappa shape index (κ3) is 4.70. The fourth-order valence-corrected chi connectivity index (χ4v) is 2.43. The molecule has 0 saturated heterocycles. The lowest BCUT2D eigenvalue weighted by Crippen LogP contribution is -2.37. The molecule has 0 aliphatic carbocycles. The summed E-state index contributed by atoms with van der Waals surface area (Å²) in [7, 11) is 0. The molecule has 1 heterocycles. The molecule has 0 spiro atoms. The van der Waals surface area contributed by atoms with E-state index in [4.69, 9.17) is 11.2 Å². The monoisotopic (exact) mass is 375 g/mol. The summed E-state index contributed by atoms with van der Waals surface area (Å²) in [5.41, 5.74) is 0.345. The van der Waals surface area contributed by atoms with Gasteiger partial charge in [0.25, 0.3) is 0 Å². The summed E-state index contributed by atoms with van der Waals surface area (Å²) < 4.78 is 20.9. The van der Waals surface area contributed by atoms with Crippen molar-refractivity contribution >= 4 is 11.7 Å². The van der Waals surface area contributed by atoms with Gasteiger partial charge in [-0.15, -0.1) is 6.42 Å². The van der Waals surface area contributed by atoms with Crippen LogP contribution >= 0.6 is 0 Å². The first-order valence-corrected chi connectivity index (χ1v) is 8.36. The predicted molar refractivity (Wildman–Crippen MR) is 98.7 cm³/mol. The van der Waals surface area contributed by atoms with Crippen molar-refractivity contribution in [2.24, 2.45) is 5.92 Å². The quantitative estimate of drug-likeness (QED) is 0.572. The Labute approximate surface area is 156 Å². The number of hydrogen-bond acceptors (Lipinski definition) is 5. The van der Waals surface area contributed by atoms with Gasteiger partial charge < -0.3 is 15.2 Å². The highest BCUT2D eigenvalue weighted by Crippen LogP contribution is 2.18. The second-order valence-electron chi connectivity index (χ2n) is 6.45. The van der Waals surface area contributed by atoms with Crippen LogP contribution in [-0.2, 0) is 22.8 Å². The molecular formula is C19H22FN3O4. The third-order valence-electron chi connectivity index (χ3n) is 4.04. The zero-order valence-electron chi connectivity index (χ0n) is 15.4. The molecule has 0 fully saturated rings. The maximum Gasteiger partial charge on any atom is 0.334 e. The lowest BCUT2D eigenvalue weighted by Gasteiger charge is -2.22. The number of nitrogens with one attached hydrogen (secondary N) is 1. The van der Waals surface area contributed by atoms with E-state index in [1.165, 1.54) is 12.3 Å². The van der Waals surface area contributed by atoms with E-state index in [1.54, 1.807) is 32.9 Å². The number of halogens is 1. The van der Waals surface area contributed by atoms with Gasteiger partial charge in [0.05, 0.1) is 12.7 Å². The minimum atomic E-state index is -0.766. The molecule has 0 saturated carbocycles. The summed E-state index contributed by atoms with van der Waals surface area (Å²) in [5.74, 6) is 0.734. The van der Waals surface area contributed by atoms with Gasteiger partial charge in [-0.1, -0.05) is 25.8 Å². The molecule has 1 aromatic carbocycles. The van der Waals surface area contributed by atoms with Crippen LogP contribution in [0.3, 0.4) is 0 Å². The van der Waals surface area contributed by atoms with Crippen molar-refractivity contribution in [3.8, 4) is 18.2 Å². The van der Waals surface area contributed by atoms with Gasteiger partial charge in [0.2, 0.25) is 5.88 Å². The highest BCUT2D eigenvalue weighted by Gasteiger charge is 2.24. The molecule has 7 nitrogen and oxygen atoms in total. The summed E-state index contributed by atoms with van der Waals surface area (Å²) in [6, 6.07) is 3.80. The van der Waals surface area contributed by atoms with E-state index in [9.17, 15) is 19.1 Å². The first-order valence-electron chi connectivity index (χ1n) is 8.36. The number of terminal acetylenes is 1. The predicted octanol–water partition coefficient (Wildman–Crippen LogP) is 2.07. The number of carbonyl (C=O) groups excluding carboxylic acids is 1. The second kappa shape index (κ2) is 8.45. The van der Waals surface area contributed by atoms with Crippen LogP contribution in [0.1, 0.15) is 19.4 Å². The Hall–Kier alpha value is -3.21. The van der Waals surface area contributed by atoms with Crippen LogP contribution in [0, 0.1) is 31.0 Å². The van der Waals surface area contributed by atoms with Crippen molar-refractivity contribution in [3.05, 3.63) is 46.3 Å². The van der Waals surface area contributed by atoms with E-state index >= 15 is 0 Å². The Morgan fingerprint density at radius 2 is 2.15 bits per heavy atom. The molecule has 0 aliphatic heterocycles. The molecule has 8 heteroatoms. The molecule has 2 aromatic rings. The Balaban J connectivity index is 2.11. The van der Waals surface area contributed by atoms with Crippen molar-refractivity contribution in [2.45, 2.75) is 40.1 Å². The maximum atomic E-state index is 13.7. The van der Waals surface area contributed by atoms with E-state index in [-0.39, 0.29) is 24.2 Å². The van der Waals surface area contributed by atoms with Crippen LogP contribution in [0.4, 0.5) is 10.1 Å². The summed E-state index contributed by atoms with van der Waals surface area (Å²) >= 11 is 0. The van der Waals surface area contributed by atoms with E-state index in [1.807, 2.05) is 0 Å². The standard InChI is InChI=1S/C19H22FN3O4/c1-5-8-22-10-16(24)23(19(22)26)11-27-18(25)17(12(2)3)21-14-7-6-13(4)15(20)9-14/h1,6-7,9-10,12,17,21,24H,8,11H2,2-4H3. The molecule has 1 unspecified atom stereocenters. The van der Waals surface area contributed by atoms with Crippen molar-refractivity contribution < 1.29 is 19.0 Å². The van der Waals surface area contributed by atoms with Gasteiger partial charge in [-0.25, -0.2) is 18.5 Å². The minimum Gasteiger partial charge on any atom is -0.493 e. The molecule has 144 valence electrons. The topological polar surface area (TPSA) is 85.5 Å². The van der Waals surface area contributed by atoms with Gasteiger partial charge in [-0.2, -0.15) is 0 Å². The molecule has 1 atom stereocenters. The number of ether oxygens (including phenoxy) is 1. The van der Waals surface area contributed by atoms with Gasteiger partial charge in [-0.05, 0) is 30.5 Å². The minimum absolute atomic E-state index is 0.0114. The average molecular weight is 375 g/mol. The Kier molecular flexibility index (Phi) is 6.29. The highest BCUT2D eigenvalue weighted by molar-refractivity contribution is 5.79. The van der Waals surface area contributed by atoms with E-state index in [0.717, 1.165) is 9.13 Å². The molecule has 2 rings (SSSR count). The zero-order chi connectivity index (χ0) is 20.1. The van der Waals surface area contributed by atoms with Crippen LogP contribution in [0.25, 0.3) is 0 Å². The summed E-state index contributed by atoms with van der Waals surface area (Å²) in [6.07, 6.45) is 6.33. The van der Waals surface area contributed by atoms with Crippen LogP contribution < -0.4 is 11.0 Å². The molecule has 0 radical (unpaired) electrons. The number of benzene rings is 1. The smallest absolute Gasteiger partial charge is 0.334 e. The first kappa shape index (κ1) is 20.1. The summed E-state index contributed by atoms with van der Waals surface area (Å²) in [5, 5.41) is 12.8. The number of rotatable bonds is 7. The fourth-order valence-electron chi connectivity index (χ4n) is 2.43.